The summed E-state index contributed by atoms with van der Waals surface area (Å²) >= 11 is 11.6. The van der Waals surface area contributed by atoms with Crippen LogP contribution in [0, 0.1) is 0 Å². The van der Waals surface area contributed by atoms with Gasteiger partial charge in [-0.05, 0) is 18.1 Å². The number of rotatable bonds is 2. The Morgan fingerprint density at radius 3 is 2.73 bits per heavy atom. The largest absolute Gasteiger partial charge is 0.244 e. The molecule has 0 fully saturated rings. The smallest absolute Gasteiger partial charge is 0.129 e. The van der Waals surface area contributed by atoms with Gasteiger partial charge in [0.15, 0.2) is 0 Å². The van der Waals surface area contributed by atoms with Crippen molar-refractivity contribution in [2.75, 3.05) is 0 Å². The molecule has 11 heavy (non-hydrogen) atoms. The molecule has 1 rings (SSSR count). The number of aromatic nitrogens is 1. The third-order valence-corrected chi connectivity index (χ3v) is 2.25. The molecule has 0 aliphatic heterocycles. The van der Waals surface area contributed by atoms with Crippen molar-refractivity contribution in [1.82, 2.24) is 4.98 Å². The molecule has 1 aromatic heterocycles. The van der Waals surface area contributed by atoms with Crippen molar-refractivity contribution >= 4 is 23.2 Å². The molecule has 1 nitrogen and oxygen atoms in total. The third-order valence-electron chi connectivity index (χ3n) is 1.47. The number of hydrogen-bond donors (Lipinski definition) is 0. The van der Waals surface area contributed by atoms with Gasteiger partial charge in [0.25, 0.3) is 0 Å². The fourth-order valence-corrected chi connectivity index (χ4v) is 1.05. The molecule has 60 valence electrons. The van der Waals surface area contributed by atoms with E-state index in [1.807, 2.05) is 13.0 Å². The molecule has 3 heteroatoms. The van der Waals surface area contributed by atoms with Crippen LogP contribution < -0.4 is 0 Å². The van der Waals surface area contributed by atoms with Crippen molar-refractivity contribution in [2.24, 2.45) is 0 Å². The van der Waals surface area contributed by atoms with Gasteiger partial charge in [0, 0.05) is 6.20 Å². The van der Waals surface area contributed by atoms with E-state index in [0.717, 1.165) is 12.0 Å². The van der Waals surface area contributed by atoms with E-state index in [4.69, 9.17) is 23.2 Å². The number of alkyl halides is 1. The van der Waals surface area contributed by atoms with E-state index in [9.17, 15) is 0 Å². The first-order valence-electron chi connectivity index (χ1n) is 3.49. The molecule has 0 amide bonds. The van der Waals surface area contributed by atoms with E-state index in [0.29, 0.717) is 5.15 Å². The van der Waals surface area contributed by atoms with E-state index in [1.54, 1.807) is 12.3 Å². The lowest BCUT2D eigenvalue weighted by Crippen LogP contribution is -1.88. The quantitative estimate of drug-likeness (QED) is 0.514. The Morgan fingerprint density at radius 2 is 2.27 bits per heavy atom. The Kier molecular flexibility index (Phi) is 3.16. The van der Waals surface area contributed by atoms with Crippen LogP contribution in [-0.2, 0) is 0 Å². The molecule has 1 aromatic rings. The maximum absolute atomic E-state index is 5.96. The van der Waals surface area contributed by atoms with Gasteiger partial charge in [0.05, 0.1) is 5.38 Å². The van der Waals surface area contributed by atoms with Gasteiger partial charge in [-0.1, -0.05) is 24.6 Å². The lowest BCUT2D eigenvalue weighted by molar-refractivity contribution is 0.877. The van der Waals surface area contributed by atoms with Crippen LogP contribution in [0.4, 0.5) is 0 Å². The second-order valence-electron chi connectivity index (χ2n) is 2.29. The number of hydrogen-bond acceptors (Lipinski definition) is 1. The maximum Gasteiger partial charge on any atom is 0.129 e. The minimum absolute atomic E-state index is 0.0553. The molecule has 0 saturated carbocycles. The first-order chi connectivity index (χ1) is 5.24. The predicted molar refractivity (Wildman–Crippen MR) is 48.1 cm³/mol. The average molecular weight is 190 g/mol. The Hall–Kier alpha value is -0.270. The molecule has 1 atom stereocenters. The monoisotopic (exact) mass is 189 g/mol. The van der Waals surface area contributed by atoms with Crippen LogP contribution in [0.1, 0.15) is 24.3 Å². The molecule has 0 spiro atoms. The van der Waals surface area contributed by atoms with Crippen molar-refractivity contribution < 1.29 is 0 Å². The Labute approximate surface area is 76.4 Å². The predicted octanol–water partition coefficient (Wildman–Crippen LogP) is 3.42. The minimum atomic E-state index is 0.0553. The zero-order chi connectivity index (χ0) is 8.27. The molecule has 0 radical (unpaired) electrons. The molecule has 0 aliphatic rings. The van der Waals surface area contributed by atoms with E-state index >= 15 is 0 Å². The molecular formula is C8H9Cl2N. The van der Waals surface area contributed by atoms with Crippen molar-refractivity contribution in [2.45, 2.75) is 18.7 Å². The summed E-state index contributed by atoms with van der Waals surface area (Å²) in [6, 6.07) is 3.65. The molecule has 0 aromatic carbocycles. The van der Waals surface area contributed by atoms with E-state index in [1.165, 1.54) is 0 Å². The van der Waals surface area contributed by atoms with Gasteiger partial charge >= 0.3 is 0 Å². The average Bonchev–Trinajstić information content (AvgIpc) is 2.05. The first-order valence-corrected chi connectivity index (χ1v) is 4.31. The lowest BCUT2D eigenvalue weighted by Gasteiger charge is -2.04. The van der Waals surface area contributed by atoms with Crippen molar-refractivity contribution in [3.8, 4) is 0 Å². The van der Waals surface area contributed by atoms with Crippen molar-refractivity contribution in [3.05, 3.63) is 29.0 Å². The highest BCUT2D eigenvalue weighted by molar-refractivity contribution is 6.29. The van der Waals surface area contributed by atoms with Gasteiger partial charge in [0.2, 0.25) is 0 Å². The van der Waals surface area contributed by atoms with Gasteiger partial charge in [0.1, 0.15) is 5.15 Å². The lowest BCUT2D eigenvalue weighted by atomic mass is 10.2. The van der Waals surface area contributed by atoms with Crippen LogP contribution in [0.15, 0.2) is 18.3 Å². The highest BCUT2D eigenvalue weighted by Crippen LogP contribution is 2.23. The fourth-order valence-electron chi connectivity index (χ4n) is 0.808. The van der Waals surface area contributed by atoms with Crippen molar-refractivity contribution in [3.63, 3.8) is 0 Å². The molecule has 0 N–H and O–H groups in total. The zero-order valence-electron chi connectivity index (χ0n) is 6.22. The number of nitrogens with zero attached hydrogens (tertiary/aromatic N) is 1. The van der Waals surface area contributed by atoms with Crippen LogP contribution in [0.25, 0.3) is 0 Å². The number of pyridine rings is 1. The Balaban J connectivity index is 2.81. The first kappa shape index (κ1) is 8.82. The van der Waals surface area contributed by atoms with E-state index < -0.39 is 0 Å². The molecule has 0 aliphatic carbocycles. The molecule has 1 unspecified atom stereocenters. The highest BCUT2D eigenvalue weighted by atomic mass is 35.5. The van der Waals surface area contributed by atoms with Gasteiger partial charge < -0.3 is 0 Å². The maximum atomic E-state index is 5.96. The summed E-state index contributed by atoms with van der Waals surface area (Å²) in [5.74, 6) is 0. The van der Waals surface area contributed by atoms with Crippen LogP contribution in [0.5, 0.6) is 0 Å². The van der Waals surface area contributed by atoms with Crippen LogP contribution in [0.2, 0.25) is 5.15 Å². The van der Waals surface area contributed by atoms with E-state index in [2.05, 4.69) is 4.98 Å². The SMILES string of the molecule is CCC(Cl)c1ccc(Cl)nc1. The fraction of sp³-hybridized carbons (Fsp3) is 0.375. The normalized spacial score (nSPS) is 13.0. The summed E-state index contributed by atoms with van der Waals surface area (Å²) in [7, 11) is 0. The van der Waals surface area contributed by atoms with Crippen LogP contribution in [-0.4, -0.2) is 4.98 Å². The number of halogens is 2. The summed E-state index contributed by atoms with van der Waals surface area (Å²) in [6.45, 7) is 2.03. The topological polar surface area (TPSA) is 12.9 Å². The minimum Gasteiger partial charge on any atom is -0.244 e. The summed E-state index contributed by atoms with van der Waals surface area (Å²) in [5, 5.41) is 0.563. The Bertz CT molecular complexity index is 220. The van der Waals surface area contributed by atoms with E-state index in [-0.39, 0.29) is 5.38 Å². The van der Waals surface area contributed by atoms with Gasteiger partial charge in [-0.25, -0.2) is 4.98 Å². The molecular weight excluding hydrogens is 181 g/mol. The van der Waals surface area contributed by atoms with Crippen LogP contribution >= 0.6 is 23.2 Å². The summed E-state index contributed by atoms with van der Waals surface area (Å²) in [6.07, 6.45) is 2.62. The summed E-state index contributed by atoms with van der Waals surface area (Å²) < 4.78 is 0. The molecule has 0 bridgehead atoms. The Morgan fingerprint density at radius 1 is 1.55 bits per heavy atom. The third kappa shape index (κ3) is 2.35. The van der Waals surface area contributed by atoms with Gasteiger partial charge in [-0.2, -0.15) is 0 Å². The van der Waals surface area contributed by atoms with Crippen molar-refractivity contribution in [1.29, 1.82) is 0 Å². The highest BCUT2D eigenvalue weighted by Gasteiger charge is 2.03. The van der Waals surface area contributed by atoms with Crippen LogP contribution in [0.3, 0.4) is 0 Å². The summed E-state index contributed by atoms with van der Waals surface area (Å²) in [4.78, 5) is 3.93. The van der Waals surface area contributed by atoms with Gasteiger partial charge in [-0.15, -0.1) is 11.6 Å². The zero-order valence-corrected chi connectivity index (χ0v) is 7.73. The molecule has 0 saturated heterocycles. The molecule has 1 heterocycles. The standard InChI is InChI=1S/C8H9Cl2N/c1-2-7(9)6-3-4-8(10)11-5-6/h3-5,7H,2H2,1H3. The second-order valence-corrected chi connectivity index (χ2v) is 3.20. The van der Waals surface area contributed by atoms with Gasteiger partial charge in [-0.3, -0.25) is 0 Å². The summed E-state index contributed by atoms with van der Waals surface area (Å²) in [5.41, 5.74) is 1.03. The second kappa shape index (κ2) is 3.93.